The predicted molar refractivity (Wildman–Crippen MR) is 80.3 cm³/mol. The smallest absolute Gasteiger partial charge is 0.225 e. The van der Waals surface area contributed by atoms with Crippen LogP contribution in [-0.4, -0.2) is 44.7 Å². The van der Waals surface area contributed by atoms with Crippen LogP contribution in [0.5, 0.6) is 0 Å². The van der Waals surface area contributed by atoms with Gasteiger partial charge in [-0.25, -0.2) is 0 Å². The number of pyridine rings is 1. The minimum Gasteiger partial charge on any atom is -0.378 e. The molecule has 2 aromatic rings. The predicted octanol–water partition coefficient (Wildman–Crippen LogP) is 1.96. The van der Waals surface area contributed by atoms with Gasteiger partial charge in [-0.3, -0.25) is 9.20 Å². The highest BCUT2D eigenvalue weighted by Crippen LogP contribution is 2.32. The molecule has 2 aliphatic rings. The van der Waals surface area contributed by atoms with Crippen molar-refractivity contribution in [2.24, 2.45) is 0 Å². The van der Waals surface area contributed by atoms with Gasteiger partial charge in [-0.05, 0) is 37.8 Å². The molecular weight excluding hydrogens is 280 g/mol. The number of ether oxygens (including phenoxy) is 1. The molecule has 1 amide bonds. The zero-order valence-electron chi connectivity index (χ0n) is 12.5. The van der Waals surface area contributed by atoms with Crippen molar-refractivity contribution in [3.05, 3.63) is 30.2 Å². The van der Waals surface area contributed by atoms with Crippen LogP contribution in [0.2, 0.25) is 0 Å². The third-order valence-electron chi connectivity index (χ3n) is 4.64. The number of hydrogen-bond acceptors (Lipinski definition) is 4. The molecule has 0 aromatic carbocycles. The average molecular weight is 300 g/mol. The Morgan fingerprint density at radius 2 is 2.23 bits per heavy atom. The van der Waals surface area contributed by atoms with Crippen LogP contribution < -0.4 is 0 Å². The molecule has 2 saturated heterocycles. The topological polar surface area (TPSA) is 59.7 Å². The van der Waals surface area contributed by atoms with E-state index < -0.39 is 0 Å². The molecular formula is C16H20N4O2. The summed E-state index contributed by atoms with van der Waals surface area (Å²) in [7, 11) is 0. The number of carbonyl (C=O) groups excluding carboxylic acids is 1. The molecule has 116 valence electrons. The molecule has 0 aliphatic carbocycles. The van der Waals surface area contributed by atoms with Gasteiger partial charge in [-0.2, -0.15) is 0 Å². The molecule has 4 heterocycles. The van der Waals surface area contributed by atoms with Gasteiger partial charge in [-0.15, -0.1) is 10.2 Å². The Morgan fingerprint density at radius 3 is 3.09 bits per heavy atom. The Balaban J connectivity index is 1.56. The van der Waals surface area contributed by atoms with Crippen LogP contribution >= 0.6 is 0 Å². The Kier molecular flexibility index (Phi) is 3.54. The monoisotopic (exact) mass is 300 g/mol. The van der Waals surface area contributed by atoms with E-state index in [2.05, 4.69) is 10.2 Å². The van der Waals surface area contributed by atoms with Gasteiger partial charge in [0, 0.05) is 19.3 Å². The Morgan fingerprint density at radius 1 is 1.27 bits per heavy atom. The lowest BCUT2D eigenvalue weighted by molar-refractivity contribution is -0.134. The summed E-state index contributed by atoms with van der Waals surface area (Å²) in [6.45, 7) is 1.59. The van der Waals surface area contributed by atoms with E-state index in [0.29, 0.717) is 6.42 Å². The lowest BCUT2D eigenvalue weighted by atomic mass is 10.1. The molecule has 0 saturated carbocycles. The highest BCUT2D eigenvalue weighted by atomic mass is 16.5. The third-order valence-corrected chi connectivity index (χ3v) is 4.64. The first-order valence-corrected chi connectivity index (χ1v) is 8.03. The molecule has 0 N–H and O–H groups in total. The van der Waals surface area contributed by atoms with E-state index in [-0.39, 0.29) is 18.1 Å². The van der Waals surface area contributed by atoms with Gasteiger partial charge in [0.2, 0.25) is 5.91 Å². The van der Waals surface area contributed by atoms with Gasteiger partial charge in [0.05, 0.1) is 18.6 Å². The molecule has 6 nitrogen and oxygen atoms in total. The molecule has 2 fully saturated rings. The summed E-state index contributed by atoms with van der Waals surface area (Å²) in [6.07, 6.45) is 6.59. The van der Waals surface area contributed by atoms with E-state index in [1.165, 1.54) is 0 Å². The molecule has 2 atom stereocenters. The van der Waals surface area contributed by atoms with Gasteiger partial charge in [0.25, 0.3) is 0 Å². The summed E-state index contributed by atoms with van der Waals surface area (Å²) in [5.74, 6) is 1.05. The molecule has 4 rings (SSSR count). The van der Waals surface area contributed by atoms with Crippen LogP contribution in [0, 0.1) is 0 Å². The quantitative estimate of drug-likeness (QED) is 0.869. The summed E-state index contributed by atoms with van der Waals surface area (Å²) >= 11 is 0. The van der Waals surface area contributed by atoms with E-state index in [9.17, 15) is 4.79 Å². The van der Waals surface area contributed by atoms with Crippen LogP contribution in [0.1, 0.15) is 44.0 Å². The molecule has 2 aliphatic heterocycles. The van der Waals surface area contributed by atoms with E-state index in [1.54, 1.807) is 0 Å². The van der Waals surface area contributed by atoms with Crippen LogP contribution in [0.4, 0.5) is 0 Å². The lowest BCUT2D eigenvalue weighted by Gasteiger charge is -2.24. The Hall–Kier alpha value is -1.95. The SMILES string of the molecule is O=C(C[C@@H]1CCCO1)N1CCC[C@H]1c1nnc2ccccn12. The van der Waals surface area contributed by atoms with Crippen molar-refractivity contribution in [3.8, 4) is 0 Å². The average Bonchev–Trinajstić information content (AvgIpc) is 3.26. The van der Waals surface area contributed by atoms with E-state index in [0.717, 1.165) is 50.3 Å². The zero-order chi connectivity index (χ0) is 14.9. The molecule has 6 heteroatoms. The fourth-order valence-corrected chi connectivity index (χ4v) is 3.54. The molecule has 0 unspecified atom stereocenters. The van der Waals surface area contributed by atoms with Crippen molar-refractivity contribution >= 4 is 11.6 Å². The molecule has 0 radical (unpaired) electrons. The Labute approximate surface area is 129 Å². The first kappa shape index (κ1) is 13.7. The van der Waals surface area contributed by atoms with Crippen LogP contribution in [-0.2, 0) is 9.53 Å². The van der Waals surface area contributed by atoms with Crippen molar-refractivity contribution in [1.82, 2.24) is 19.5 Å². The van der Waals surface area contributed by atoms with Crippen LogP contribution in [0.3, 0.4) is 0 Å². The summed E-state index contributed by atoms with van der Waals surface area (Å²) in [6, 6.07) is 5.88. The zero-order valence-corrected chi connectivity index (χ0v) is 12.5. The second kappa shape index (κ2) is 5.68. The maximum Gasteiger partial charge on any atom is 0.225 e. The van der Waals surface area contributed by atoms with Gasteiger partial charge >= 0.3 is 0 Å². The number of nitrogens with zero attached hydrogens (tertiary/aromatic N) is 4. The second-order valence-corrected chi connectivity index (χ2v) is 6.07. The van der Waals surface area contributed by atoms with Gasteiger partial charge in [-0.1, -0.05) is 6.07 Å². The van der Waals surface area contributed by atoms with Gasteiger partial charge in [0.15, 0.2) is 11.5 Å². The number of fused-ring (bicyclic) bond motifs is 1. The highest BCUT2D eigenvalue weighted by Gasteiger charge is 2.34. The fourth-order valence-electron chi connectivity index (χ4n) is 3.54. The number of amides is 1. The molecule has 0 bridgehead atoms. The first-order valence-electron chi connectivity index (χ1n) is 8.03. The number of rotatable bonds is 3. The number of likely N-dealkylation sites (tertiary alicyclic amines) is 1. The maximum absolute atomic E-state index is 12.6. The van der Waals surface area contributed by atoms with Crippen molar-refractivity contribution in [2.75, 3.05) is 13.2 Å². The summed E-state index contributed by atoms with van der Waals surface area (Å²) in [5.41, 5.74) is 0.830. The number of aromatic nitrogens is 3. The fraction of sp³-hybridized carbons (Fsp3) is 0.562. The van der Waals surface area contributed by atoms with E-state index in [4.69, 9.17) is 4.74 Å². The minimum absolute atomic E-state index is 0.0336. The van der Waals surface area contributed by atoms with Gasteiger partial charge in [0.1, 0.15) is 0 Å². The van der Waals surface area contributed by atoms with Gasteiger partial charge < -0.3 is 9.64 Å². The normalized spacial score (nSPS) is 25.2. The van der Waals surface area contributed by atoms with Crippen LogP contribution in [0.25, 0.3) is 5.65 Å². The third kappa shape index (κ3) is 2.37. The summed E-state index contributed by atoms with van der Waals surface area (Å²) in [4.78, 5) is 14.6. The van der Waals surface area contributed by atoms with Crippen molar-refractivity contribution in [2.45, 2.75) is 44.2 Å². The first-order chi connectivity index (χ1) is 10.8. The molecule has 2 aromatic heterocycles. The van der Waals surface area contributed by atoms with Crippen LogP contribution in [0.15, 0.2) is 24.4 Å². The maximum atomic E-state index is 12.6. The molecule has 22 heavy (non-hydrogen) atoms. The van der Waals surface area contributed by atoms with Crippen molar-refractivity contribution in [3.63, 3.8) is 0 Å². The van der Waals surface area contributed by atoms with E-state index >= 15 is 0 Å². The summed E-state index contributed by atoms with van der Waals surface area (Å²) < 4.78 is 7.59. The Bertz CT molecular complexity index is 678. The number of carbonyl (C=O) groups is 1. The second-order valence-electron chi connectivity index (χ2n) is 6.07. The summed E-state index contributed by atoms with van der Waals surface area (Å²) in [5, 5.41) is 8.54. The highest BCUT2D eigenvalue weighted by molar-refractivity contribution is 5.77. The van der Waals surface area contributed by atoms with E-state index in [1.807, 2.05) is 33.7 Å². The number of hydrogen-bond donors (Lipinski definition) is 0. The standard InChI is InChI=1S/C16H20N4O2/c21-15(11-12-5-4-10-22-12)19-9-3-6-13(19)16-18-17-14-7-1-2-8-20(14)16/h1-2,7-8,12-13H,3-6,9-11H2/t12-,13-/m0/s1. The lowest BCUT2D eigenvalue weighted by Crippen LogP contribution is -2.33. The largest absolute Gasteiger partial charge is 0.378 e. The van der Waals surface area contributed by atoms with Crippen molar-refractivity contribution in [1.29, 1.82) is 0 Å². The molecule has 0 spiro atoms. The minimum atomic E-state index is 0.0336. The van der Waals surface area contributed by atoms with Crippen molar-refractivity contribution < 1.29 is 9.53 Å².